The quantitative estimate of drug-likeness (QED) is 0.473. The first-order chi connectivity index (χ1) is 7.45. The Balaban J connectivity index is 3.75. The number of rotatable bonds is 5. The number of nitrogens with zero attached hydrogens (tertiary/aromatic N) is 1. The van der Waals surface area contributed by atoms with E-state index in [1.807, 2.05) is 27.7 Å². The Bertz CT molecular complexity index is 236. The van der Waals surface area contributed by atoms with Gasteiger partial charge in [-0.15, -0.1) is 0 Å². The van der Waals surface area contributed by atoms with Crippen molar-refractivity contribution in [2.75, 3.05) is 13.6 Å². The number of nitrogens with one attached hydrogen (secondary N) is 3. The van der Waals surface area contributed by atoms with Gasteiger partial charge in [0, 0.05) is 32.1 Å². The van der Waals surface area contributed by atoms with Crippen molar-refractivity contribution in [1.29, 1.82) is 0 Å². The topological polar surface area (TPSA) is 65.5 Å². The molecular formula is C11H24N4O. The maximum atomic E-state index is 11.3. The molecule has 0 rings (SSSR count). The van der Waals surface area contributed by atoms with E-state index in [0.29, 0.717) is 19.0 Å². The molecule has 0 saturated carbocycles. The lowest BCUT2D eigenvalue weighted by molar-refractivity contribution is -0.121. The molecule has 0 heterocycles. The van der Waals surface area contributed by atoms with Gasteiger partial charge >= 0.3 is 0 Å². The lowest BCUT2D eigenvalue weighted by Crippen LogP contribution is -2.42. The third kappa shape index (κ3) is 8.08. The highest BCUT2D eigenvalue weighted by Gasteiger charge is 2.04. The minimum Gasteiger partial charge on any atom is -0.356 e. The molecule has 0 radical (unpaired) electrons. The maximum Gasteiger partial charge on any atom is 0.221 e. The fourth-order valence-electron chi connectivity index (χ4n) is 1.16. The number of hydrogen-bond donors (Lipinski definition) is 3. The second-order valence-electron chi connectivity index (χ2n) is 4.27. The summed E-state index contributed by atoms with van der Waals surface area (Å²) in [6, 6.07) is 0.524. The molecular weight excluding hydrogens is 204 g/mol. The summed E-state index contributed by atoms with van der Waals surface area (Å²) < 4.78 is 0. The van der Waals surface area contributed by atoms with Crippen molar-refractivity contribution in [2.24, 2.45) is 4.99 Å². The number of aliphatic imine (C=N–C) groups is 1. The van der Waals surface area contributed by atoms with Crippen molar-refractivity contribution in [2.45, 2.75) is 46.2 Å². The van der Waals surface area contributed by atoms with Gasteiger partial charge in [-0.05, 0) is 27.7 Å². The van der Waals surface area contributed by atoms with E-state index in [1.165, 1.54) is 0 Å². The Labute approximate surface area is 98.1 Å². The molecule has 0 aliphatic heterocycles. The average molecular weight is 228 g/mol. The third-order valence-corrected chi connectivity index (χ3v) is 1.74. The number of carbonyl (C=O) groups excluding carboxylic acids is 1. The van der Waals surface area contributed by atoms with E-state index in [-0.39, 0.29) is 11.9 Å². The summed E-state index contributed by atoms with van der Waals surface area (Å²) in [5.41, 5.74) is 0. The SMILES string of the molecule is CN=C(NCCC(=O)NC(C)C)NC(C)C. The van der Waals surface area contributed by atoms with Gasteiger partial charge in [-0.3, -0.25) is 9.79 Å². The fraction of sp³-hybridized carbons (Fsp3) is 0.818. The summed E-state index contributed by atoms with van der Waals surface area (Å²) in [7, 11) is 1.71. The molecule has 0 spiro atoms. The first-order valence-corrected chi connectivity index (χ1v) is 5.72. The Hall–Kier alpha value is -1.26. The van der Waals surface area contributed by atoms with Crippen molar-refractivity contribution in [3.05, 3.63) is 0 Å². The molecule has 0 unspecified atom stereocenters. The van der Waals surface area contributed by atoms with Crippen molar-refractivity contribution in [3.8, 4) is 0 Å². The minimum atomic E-state index is 0.0579. The molecule has 5 heteroatoms. The van der Waals surface area contributed by atoms with E-state index < -0.39 is 0 Å². The molecule has 0 bridgehead atoms. The van der Waals surface area contributed by atoms with E-state index in [9.17, 15) is 4.79 Å². The number of hydrogen-bond acceptors (Lipinski definition) is 2. The monoisotopic (exact) mass is 228 g/mol. The molecule has 94 valence electrons. The Morgan fingerprint density at radius 1 is 1.12 bits per heavy atom. The molecule has 3 N–H and O–H groups in total. The van der Waals surface area contributed by atoms with Crippen LogP contribution < -0.4 is 16.0 Å². The van der Waals surface area contributed by atoms with Gasteiger partial charge in [-0.1, -0.05) is 0 Å². The van der Waals surface area contributed by atoms with Crippen LogP contribution in [0.5, 0.6) is 0 Å². The van der Waals surface area contributed by atoms with Crippen LogP contribution in [0, 0.1) is 0 Å². The predicted molar refractivity (Wildman–Crippen MR) is 67.5 cm³/mol. The van der Waals surface area contributed by atoms with Crippen LogP contribution in [-0.4, -0.2) is 37.5 Å². The Morgan fingerprint density at radius 3 is 2.12 bits per heavy atom. The normalized spacial score (nSPS) is 11.8. The van der Waals surface area contributed by atoms with Gasteiger partial charge in [0.25, 0.3) is 0 Å². The molecule has 0 saturated heterocycles. The van der Waals surface area contributed by atoms with E-state index in [0.717, 1.165) is 5.96 Å². The van der Waals surface area contributed by atoms with Gasteiger partial charge in [-0.2, -0.15) is 0 Å². The number of amides is 1. The average Bonchev–Trinajstić information content (AvgIpc) is 2.14. The van der Waals surface area contributed by atoms with Crippen LogP contribution in [0.25, 0.3) is 0 Å². The van der Waals surface area contributed by atoms with Gasteiger partial charge in [0.1, 0.15) is 0 Å². The van der Waals surface area contributed by atoms with E-state index >= 15 is 0 Å². The molecule has 0 atom stereocenters. The molecule has 1 amide bonds. The lowest BCUT2D eigenvalue weighted by atomic mass is 10.3. The molecule has 0 aromatic heterocycles. The van der Waals surface area contributed by atoms with Crippen LogP contribution in [0.4, 0.5) is 0 Å². The minimum absolute atomic E-state index is 0.0579. The molecule has 0 fully saturated rings. The van der Waals surface area contributed by atoms with Gasteiger partial charge in [-0.25, -0.2) is 0 Å². The Kier molecular flexibility index (Phi) is 7.33. The zero-order valence-electron chi connectivity index (χ0n) is 10.9. The molecule has 0 aliphatic carbocycles. The van der Waals surface area contributed by atoms with Gasteiger partial charge in [0.15, 0.2) is 5.96 Å². The van der Waals surface area contributed by atoms with E-state index in [2.05, 4.69) is 20.9 Å². The largest absolute Gasteiger partial charge is 0.356 e. The van der Waals surface area contributed by atoms with Gasteiger partial charge in [0.05, 0.1) is 0 Å². The molecule has 0 aromatic rings. The summed E-state index contributed by atoms with van der Waals surface area (Å²) in [6.07, 6.45) is 0.455. The van der Waals surface area contributed by atoms with Gasteiger partial charge in [0.2, 0.25) is 5.91 Å². The lowest BCUT2D eigenvalue weighted by Gasteiger charge is -2.14. The van der Waals surface area contributed by atoms with E-state index in [4.69, 9.17) is 0 Å². The van der Waals surface area contributed by atoms with Gasteiger partial charge < -0.3 is 16.0 Å². The molecule has 0 aromatic carbocycles. The zero-order chi connectivity index (χ0) is 12.6. The van der Waals surface area contributed by atoms with Crippen LogP contribution in [0.1, 0.15) is 34.1 Å². The van der Waals surface area contributed by atoms with Crippen molar-refractivity contribution >= 4 is 11.9 Å². The van der Waals surface area contributed by atoms with Crippen LogP contribution >= 0.6 is 0 Å². The molecule has 0 aliphatic rings. The zero-order valence-corrected chi connectivity index (χ0v) is 10.9. The highest BCUT2D eigenvalue weighted by atomic mass is 16.1. The molecule has 16 heavy (non-hydrogen) atoms. The number of guanidine groups is 1. The highest BCUT2D eigenvalue weighted by molar-refractivity contribution is 5.81. The van der Waals surface area contributed by atoms with Crippen LogP contribution in [0.3, 0.4) is 0 Å². The van der Waals surface area contributed by atoms with Crippen molar-refractivity contribution in [3.63, 3.8) is 0 Å². The maximum absolute atomic E-state index is 11.3. The summed E-state index contributed by atoms with van der Waals surface area (Å²) in [6.45, 7) is 8.57. The standard InChI is InChI=1S/C11H24N4O/c1-8(2)14-10(16)6-7-13-11(12-5)15-9(3)4/h8-9H,6-7H2,1-5H3,(H,14,16)(H2,12,13,15). The van der Waals surface area contributed by atoms with Crippen LogP contribution in [-0.2, 0) is 4.79 Å². The second-order valence-corrected chi connectivity index (χ2v) is 4.27. The highest BCUT2D eigenvalue weighted by Crippen LogP contribution is 1.83. The second kappa shape index (κ2) is 7.96. The summed E-state index contributed by atoms with van der Waals surface area (Å²) >= 11 is 0. The third-order valence-electron chi connectivity index (χ3n) is 1.74. The Morgan fingerprint density at radius 2 is 1.69 bits per heavy atom. The first-order valence-electron chi connectivity index (χ1n) is 5.72. The summed E-state index contributed by atoms with van der Waals surface area (Å²) in [5.74, 6) is 0.787. The van der Waals surface area contributed by atoms with E-state index in [1.54, 1.807) is 7.05 Å². The van der Waals surface area contributed by atoms with Crippen LogP contribution in [0.15, 0.2) is 4.99 Å². The smallest absolute Gasteiger partial charge is 0.221 e. The predicted octanol–water partition coefficient (Wildman–Crippen LogP) is 0.475. The summed E-state index contributed by atoms with van der Waals surface area (Å²) in [4.78, 5) is 15.4. The molecule has 5 nitrogen and oxygen atoms in total. The number of carbonyl (C=O) groups is 1. The van der Waals surface area contributed by atoms with Crippen molar-refractivity contribution in [1.82, 2.24) is 16.0 Å². The summed E-state index contributed by atoms with van der Waals surface area (Å²) in [5, 5.41) is 9.07. The first kappa shape index (κ1) is 14.7. The fourth-order valence-corrected chi connectivity index (χ4v) is 1.16. The van der Waals surface area contributed by atoms with Crippen LogP contribution in [0.2, 0.25) is 0 Å². The van der Waals surface area contributed by atoms with Crippen molar-refractivity contribution < 1.29 is 4.79 Å².